The summed E-state index contributed by atoms with van der Waals surface area (Å²) in [6.07, 6.45) is 7.70. The van der Waals surface area contributed by atoms with Gasteiger partial charge in [-0.25, -0.2) is 0 Å². The fourth-order valence-corrected chi connectivity index (χ4v) is 5.58. The normalized spacial score (nSPS) is 47.8. The third-order valence-electron chi connectivity index (χ3n) is 6.68. The zero-order valence-corrected chi connectivity index (χ0v) is 12.7. The lowest BCUT2D eigenvalue weighted by Crippen LogP contribution is -2.36. The zero-order valence-electron chi connectivity index (χ0n) is 12.7. The molecule has 0 radical (unpaired) electrons. The average molecular weight is 262 g/mol. The molecule has 106 valence electrons. The molecular formula is C17H26O2. The van der Waals surface area contributed by atoms with Gasteiger partial charge in [0.05, 0.1) is 6.61 Å². The molecule has 2 heteroatoms. The molecule has 0 aliphatic heterocycles. The Hall–Kier alpha value is -0.790. The van der Waals surface area contributed by atoms with Gasteiger partial charge in [0, 0.05) is 12.3 Å². The molecule has 3 aliphatic rings. The molecule has 0 aromatic heterocycles. The summed E-state index contributed by atoms with van der Waals surface area (Å²) in [6.45, 7) is 9.21. The maximum absolute atomic E-state index is 11.2. The highest BCUT2D eigenvalue weighted by molar-refractivity contribution is 5.66. The van der Waals surface area contributed by atoms with Crippen LogP contribution in [0.25, 0.3) is 0 Å². The van der Waals surface area contributed by atoms with E-state index in [2.05, 4.69) is 26.8 Å². The summed E-state index contributed by atoms with van der Waals surface area (Å²) in [5.41, 5.74) is 2.19. The Morgan fingerprint density at radius 1 is 1.47 bits per heavy atom. The lowest BCUT2D eigenvalue weighted by Gasteiger charge is -2.38. The van der Waals surface area contributed by atoms with Crippen molar-refractivity contribution in [1.82, 2.24) is 0 Å². The highest BCUT2D eigenvalue weighted by Crippen LogP contribution is 2.71. The highest BCUT2D eigenvalue weighted by atomic mass is 16.5. The van der Waals surface area contributed by atoms with E-state index in [1.54, 1.807) is 0 Å². The van der Waals surface area contributed by atoms with Crippen LogP contribution in [0.2, 0.25) is 0 Å². The number of hydrogen-bond donors (Lipinski definition) is 0. The van der Waals surface area contributed by atoms with Crippen molar-refractivity contribution < 1.29 is 9.53 Å². The van der Waals surface area contributed by atoms with Crippen molar-refractivity contribution in [2.75, 3.05) is 6.61 Å². The van der Waals surface area contributed by atoms with Crippen LogP contribution < -0.4 is 0 Å². The van der Waals surface area contributed by atoms with Crippen molar-refractivity contribution in [3.8, 4) is 0 Å². The van der Waals surface area contributed by atoms with Crippen LogP contribution >= 0.6 is 0 Å². The fourth-order valence-electron chi connectivity index (χ4n) is 5.58. The first-order chi connectivity index (χ1) is 8.90. The van der Waals surface area contributed by atoms with Gasteiger partial charge in [-0.05, 0) is 55.8 Å². The van der Waals surface area contributed by atoms with E-state index in [0.717, 1.165) is 11.8 Å². The van der Waals surface area contributed by atoms with E-state index in [1.807, 2.05) is 0 Å². The summed E-state index contributed by atoms with van der Waals surface area (Å²) in [5, 5.41) is 0. The molecule has 0 saturated heterocycles. The Morgan fingerprint density at radius 3 is 2.89 bits per heavy atom. The Bertz CT molecular complexity index is 439. The number of carbonyl (C=O) groups is 1. The van der Waals surface area contributed by atoms with E-state index in [0.29, 0.717) is 17.9 Å². The van der Waals surface area contributed by atoms with Crippen molar-refractivity contribution in [3.63, 3.8) is 0 Å². The van der Waals surface area contributed by atoms with Gasteiger partial charge in [-0.2, -0.15) is 0 Å². The molecule has 0 aromatic rings. The molecule has 0 amide bonds. The predicted octanol–water partition coefficient (Wildman–Crippen LogP) is 3.96. The van der Waals surface area contributed by atoms with Crippen molar-refractivity contribution in [2.45, 2.75) is 53.4 Å². The van der Waals surface area contributed by atoms with E-state index >= 15 is 0 Å². The highest BCUT2D eigenvalue weighted by Gasteiger charge is 2.65. The van der Waals surface area contributed by atoms with Gasteiger partial charge in [0.2, 0.25) is 0 Å². The zero-order chi connectivity index (χ0) is 13.8. The second kappa shape index (κ2) is 4.10. The molecule has 1 spiro atoms. The van der Waals surface area contributed by atoms with Crippen LogP contribution in [-0.2, 0) is 9.53 Å². The van der Waals surface area contributed by atoms with Crippen molar-refractivity contribution in [1.29, 1.82) is 0 Å². The summed E-state index contributed by atoms with van der Waals surface area (Å²) in [6, 6.07) is 0. The summed E-state index contributed by atoms with van der Waals surface area (Å²) in [5.74, 6) is 2.04. The van der Waals surface area contributed by atoms with Gasteiger partial charge in [-0.1, -0.05) is 25.5 Å². The quantitative estimate of drug-likeness (QED) is 0.556. The molecule has 2 fully saturated rings. The number of esters is 1. The van der Waals surface area contributed by atoms with Crippen molar-refractivity contribution in [3.05, 3.63) is 11.6 Å². The third kappa shape index (κ3) is 1.64. The molecule has 5 atom stereocenters. The molecule has 0 N–H and O–H groups in total. The predicted molar refractivity (Wildman–Crippen MR) is 75.5 cm³/mol. The van der Waals surface area contributed by atoms with Crippen LogP contribution in [0.1, 0.15) is 53.4 Å². The first-order valence-corrected chi connectivity index (χ1v) is 7.70. The van der Waals surface area contributed by atoms with Crippen LogP contribution in [0.4, 0.5) is 0 Å². The maximum Gasteiger partial charge on any atom is 0.302 e. The topological polar surface area (TPSA) is 26.3 Å². The van der Waals surface area contributed by atoms with E-state index in [9.17, 15) is 4.79 Å². The molecule has 3 rings (SSSR count). The van der Waals surface area contributed by atoms with E-state index < -0.39 is 0 Å². The Morgan fingerprint density at radius 2 is 2.21 bits per heavy atom. The summed E-state index contributed by atoms with van der Waals surface area (Å²) >= 11 is 0. The van der Waals surface area contributed by atoms with E-state index in [4.69, 9.17) is 4.74 Å². The van der Waals surface area contributed by atoms with Crippen LogP contribution in [0, 0.1) is 28.6 Å². The molecule has 0 heterocycles. The lowest BCUT2D eigenvalue weighted by molar-refractivity contribution is -0.146. The molecule has 2 bridgehead atoms. The molecule has 19 heavy (non-hydrogen) atoms. The molecular weight excluding hydrogens is 236 g/mol. The fraction of sp³-hybridized carbons (Fsp3) is 0.824. The Balaban J connectivity index is 1.96. The van der Waals surface area contributed by atoms with Crippen LogP contribution in [0.5, 0.6) is 0 Å². The Kier molecular flexibility index (Phi) is 2.85. The van der Waals surface area contributed by atoms with Crippen LogP contribution in [0.15, 0.2) is 11.6 Å². The van der Waals surface area contributed by atoms with Gasteiger partial charge in [0.15, 0.2) is 0 Å². The number of fused-ring (bicyclic) bond motifs is 1. The van der Waals surface area contributed by atoms with E-state index in [-0.39, 0.29) is 11.4 Å². The Labute approximate surface area is 116 Å². The molecule has 3 aliphatic carbocycles. The van der Waals surface area contributed by atoms with Gasteiger partial charge in [-0.15, -0.1) is 0 Å². The summed E-state index contributed by atoms with van der Waals surface area (Å²) in [7, 11) is 0. The first kappa shape index (κ1) is 13.2. The van der Waals surface area contributed by atoms with E-state index in [1.165, 1.54) is 38.2 Å². The molecule has 2 saturated carbocycles. The number of rotatable bonds is 2. The van der Waals surface area contributed by atoms with Crippen LogP contribution in [0.3, 0.4) is 0 Å². The maximum atomic E-state index is 11.2. The van der Waals surface area contributed by atoms with Gasteiger partial charge >= 0.3 is 5.97 Å². The van der Waals surface area contributed by atoms with Crippen molar-refractivity contribution >= 4 is 5.97 Å². The molecule has 0 aromatic carbocycles. The van der Waals surface area contributed by atoms with Gasteiger partial charge in [0.25, 0.3) is 0 Å². The summed E-state index contributed by atoms with van der Waals surface area (Å²) in [4.78, 5) is 11.2. The SMILES string of the molecule is CC(=O)OC[C@]1(C)[C@H]2CC[C@@H](C)[C@@]23CC=C(C)[C@@H]1C3. The molecule has 2 nitrogen and oxygen atoms in total. The summed E-state index contributed by atoms with van der Waals surface area (Å²) < 4.78 is 5.46. The lowest BCUT2D eigenvalue weighted by atomic mass is 9.68. The number of carbonyl (C=O) groups excluding carboxylic acids is 1. The monoisotopic (exact) mass is 262 g/mol. The average Bonchev–Trinajstić information content (AvgIpc) is 2.77. The second-order valence-corrected chi connectivity index (χ2v) is 7.46. The number of allylic oxidation sites excluding steroid dienone is 2. The standard InChI is InChI=1S/C17H26O2/c1-11-7-8-17-9-14(11)16(4,10-19-13(3)18)15(17)6-5-12(17)2/h7,12,14-15H,5-6,8-10H2,1-4H3/t12-,14+,15-,16+,17+/m1/s1. The van der Waals surface area contributed by atoms with Gasteiger partial charge < -0.3 is 4.74 Å². The smallest absolute Gasteiger partial charge is 0.302 e. The minimum Gasteiger partial charge on any atom is -0.465 e. The van der Waals surface area contributed by atoms with Gasteiger partial charge in [-0.3, -0.25) is 4.79 Å². The number of ether oxygens (including phenoxy) is 1. The molecule has 0 unspecified atom stereocenters. The second-order valence-electron chi connectivity index (χ2n) is 7.46. The first-order valence-electron chi connectivity index (χ1n) is 7.70. The van der Waals surface area contributed by atoms with Crippen LogP contribution in [-0.4, -0.2) is 12.6 Å². The number of hydrogen-bond acceptors (Lipinski definition) is 2. The van der Waals surface area contributed by atoms with Gasteiger partial charge in [0.1, 0.15) is 0 Å². The minimum absolute atomic E-state index is 0.135. The largest absolute Gasteiger partial charge is 0.465 e. The van der Waals surface area contributed by atoms with Crippen molar-refractivity contribution in [2.24, 2.45) is 28.6 Å². The minimum atomic E-state index is -0.135. The third-order valence-corrected chi connectivity index (χ3v) is 6.68.